The summed E-state index contributed by atoms with van der Waals surface area (Å²) in [6.07, 6.45) is 0. The van der Waals surface area contributed by atoms with E-state index in [2.05, 4.69) is 10.3 Å². The first-order valence-electron chi connectivity index (χ1n) is 3.92. The van der Waals surface area contributed by atoms with Crippen LogP contribution in [0, 0.1) is 20.8 Å². The SMILES string of the molecule is CNc1nc(C)c(O)c(C)c1C. The number of aryl methyl sites for hydroxylation is 1. The lowest BCUT2D eigenvalue weighted by Gasteiger charge is -2.10. The molecule has 0 aliphatic carbocycles. The maximum absolute atomic E-state index is 9.52. The minimum Gasteiger partial charge on any atom is -0.506 e. The van der Waals surface area contributed by atoms with Crippen LogP contribution in [-0.2, 0) is 0 Å². The maximum atomic E-state index is 9.52. The number of anilines is 1. The van der Waals surface area contributed by atoms with Gasteiger partial charge in [-0.2, -0.15) is 0 Å². The molecule has 2 N–H and O–H groups in total. The van der Waals surface area contributed by atoms with E-state index in [-0.39, 0.29) is 0 Å². The fourth-order valence-electron chi connectivity index (χ4n) is 1.17. The number of hydrogen-bond acceptors (Lipinski definition) is 3. The standard InChI is InChI=1S/C9H14N2O/c1-5-6(2)9(10-4)11-7(3)8(5)12/h12H,1-4H3,(H,10,11). The van der Waals surface area contributed by atoms with E-state index in [9.17, 15) is 5.11 Å². The van der Waals surface area contributed by atoms with Gasteiger partial charge in [0.25, 0.3) is 0 Å². The molecule has 1 heterocycles. The lowest BCUT2D eigenvalue weighted by atomic mass is 10.1. The van der Waals surface area contributed by atoms with Gasteiger partial charge in [0.05, 0.1) is 5.69 Å². The average molecular weight is 166 g/mol. The molecule has 0 saturated heterocycles. The van der Waals surface area contributed by atoms with Gasteiger partial charge in [-0.1, -0.05) is 0 Å². The van der Waals surface area contributed by atoms with Gasteiger partial charge in [0, 0.05) is 7.05 Å². The molecule has 0 radical (unpaired) electrons. The minimum atomic E-state index is 0.298. The lowest BCUT2D eigenvalue weighted by molar-refractivity contribution is 0.463. The molecule has 12 heavy (non-hydrogen) atoms. The highest BCUT2D eigenvalue weighted by atomic mass is 16.3. The summed E-state index contributed by atoms with van der Waals surface area (Å²) in [6, 6.07) is 0. The Morgan fingerprint density at radius 1 is 1.17 bits per heavy atom. The fraction of sp³-hybridized carbons (Fsp3) is 0.444. The van der Waals surface area contributed by atoms with Crippen molar-refractivity contribution in [2.24, 2.45) is 0 Å². The number of rotatable bonds is 1. The van der Waals surface area contributed by atoms with Gasteiger partial charge < -0.3 is 10.4 Å². The smallest absolute Gasteiger partial charge is 0.140 e. The zero-order valence-corrected chi connectivity index (χ0v) is 7.89. The number of nitrogens with zero attached hydrogens (tertiary/aromatic N) is 1. The van der Waals surface area contributed by atoms with Crippen molar-refractivity contribution in [3.05, 3.63) is 16.8 Å². The molecule has 3 heteroatoms. The maximum Gasteiger partial charge on any atom is 0.140 e. The van der Waals surface area contributed by atoms with Crippen LogP contribution in [-0.4, -0.2) is 17.1 Å². The highest BCUT2D eigenvalue weighted by Gasteiger charge is 2.08. The van der Waals surface area contributed by atoms with E-state index >= 15 is 0 Å². The summed E-state index contributed by atoms with van der Waals surface area (Å²) < 4.78 is 0. The Hall–Kier alpha value is -1.25. The Labute approximate surface area is 72.5 Å². The second-order valence-corrected chi connectivity index (χ2v) is 2.89. The van der Waals surface area contributed by atoms with Gasteiger partial charge in [0.2, 0.25) is 0 Å². The Bertz CT molecular complexity index is 308. The molecule has 1 aromatic heterocycles. The van der Waals surface area contributed by atoms with Crippen molar-refractivity contribution in [1.29, 1.82) is 0 Å². The third-order valence-electron chi connectivity index (χ3n) is 2.13. The van der Waals surface area contributed by atoms with Gasteiger partial charge in [-0.15, -0.1) is 0 Å². The summed E-state index contributed by atoms with van der Waals surface area (Å²) in [7, 11) is 1.82. The van der Waals surface area contributed by atoms with Gasteiger partial charge in [0.1, 0.15) is 11.6 Å². The van der Waals surface area contributed by atoms with E-state index in [1.807, 2.05) is 20.9 Å². The molecular weight excluding hydrogens is 152 g/mol. The topological polar surface area (TPSA) is 45.2 Å². The van der Waals surface area contributed by atoms with Crippen molar-refractivity contribution in [3.8, 4) is 5.75 Å². The Morgan fingerprint density at radius 2 is 1.75 bits per heavy atom. The Balaban J connectivity index is 3.39. The molecule has 0 spiro atoms. The Morgan fingerprint density at radius 3 is 2.25 bits per heavy atom. The van der Waals surface area contributed by atoms with Gasteiger partial charge in [-0.3, -0.25) is 0 Å². The molecule has 0 amide bonds. The monoisotopic (exact) mass is 166 g/mol. The minimum absolute atomic E-state index is 0.298. The summed E-state index contributed by atoms with van der Waals surface area (Å²) in [6.45, 7) is 5.62. The first kappa shape index (κ1) is 8.84. The van der Waals surface area contributed by atoms with E-state index in [0.29, 0.717) is 11.4 Å². The van der Waals surface area contributed by atoms with Crippen molar-refractivity contribution in [3.63, 3.8) is 0 Å². The first-order valence-corrected chi connectivity index (χ1v) is 3.92. The zero-order chi connectivity index (χ0) is 9.30. The van der Waals surface area contributed by atoms with E-state index in [1.54, 1.807) is 6.92 Å². The number of aromatic hydroxyl groups is 1. The molecule has 0 aliphatic rings. The number of nitrogens with one attached hydrogen (secondary N) is 1. The van der Waals surface area contributed by atoms with E-state index < -0.39 is 0 Å². The molecular formula is C9H14N2O. The highest BCUT2D eigenvalue weighted by molar-refractivity contribution is 5.53. The van der Waals surface area contributed by atoms with Crippen LogP contribution in [0.2, 0.25) is 0 Å². The summed E-state index contributed by atoms with van der Waals surface area (Å²) in [5.41, 5.74) is 2.56. The third-order valence-corrected chi connectivity index (χ3v) is 2.13. The van der Waals surface area contributed by atoms with Crippen LogP contribution in [0.3, 0.4) is 0 Å². The fourth-order valence-corrected chi connectivity index (χ4v) is 1.17. The zero-order valence-electron chi connectivity index (χ0n) is 7.89. The highest BCUT2D eigenvalue weighted by Crippen LogP contribution is 2.26. The normalized spacial score (nSPS) is 10.0. The second-order valence-electron chi connectivity index (χ2n) is 2.89. The molecule has 1 rings (SSSR count). The molecule has 66 valence electrons. The average Bonchev–Trinajstić information content (AvgIpc) is 2.08. The van der Waals surface area contributed by atoms with Crippen LogP contribution in [0.5, 0.6) is 5.75 Å². The third kappa shape index (κ3) is 1.22. The van der Waals surface area contributed by atoms with Crippen molar-refractivity contribution in [2.75, 3.05) is 12.4 Å². The van der Waals surface area contributed by atoms with Crippen molar-refractivity contribution < 1.29 is 5.11 Å². The molecule has 1 aromatic rings. The lowest BCUT2D eigenvalue weighted by Crippen LogP contribution is -1.99. The van der Waals surface area contributed by atoms with Crippen LogP contribution in [0.15, 0.2) is 0 Å². The van der Waals surface area contributed by atoms with Gasteiger partial charge in [0.15, 0.2) is 0 Å². The summed E-state index contributed by atoms with van der Waals surface area (Å²) in [5.74, 6) is 1.13. The number of aromatic nitrogens is 1. The van der Waals surface area contributed by atoms with Crippen molar-refractivity contribution in [1.82, 2.24) is 4.98 Å². The summed E-state index contributed by atoms with van der Waals surface area (Å²) >= 11 is 0. The molecule has 0 unspecified atom stereocenters. The second kappa shape index (κ2) is 3.01. The van der Waals surface area contributed by atoms with E-state index in [0.717, 1.165) is 16.9 Å². The van der Waals surface area contributed by atoms with E-state index in [4.69, 9.17) is 0 Å². The first-order chi connectivity index (χ1) is 5.57. The van der Waals surface area contributed by atoms with Crippen LogP contribution < -0.4 is 5.32 Å². The molecule has 0 saturated carbocycles. The molecule has 0 atom stereocenters. The van der Waals surface area contributed by atoms with Crippen LogP contribution in [0.1, 0.15) is 16.8 Å². The predicted molar refractivity (Wildman–Crippen MR) is 49.7 cm³/mol. The van der Waals surface area contributed by atoms with Crippen LogP contribution in [0.4, 0.5) is 5.82 Å². The van der Waals surface area contributed by atoms with Crippen molar-refractivity contribution in [2.45, 2.75) is 20.8 Å². The molecule has 3 nitrogen and oxygen atoms in total. The predicted octanol–water partition coefficient (Wildman–Crippen LogP) is 1.75. The van der Waals surface area contributed by atoms with Crippen LogP contribution >= 0.6 is 0 Å². The summed E-state index contributed by atoms with van der Waals surface area (Å²) in [4.78, 5) is 4.19. The molecule has 0 aromatic carbocycles. The molecule has 0 fully saturated rings. The van der Waals surface area contributed by atoms with Crippen molar-refractivity contribution >= 4 is 5.82 Å². The van der Waals surface area contributed by atoms with E-state index in [1.165, 1.54) is 0 Å². The number of pyridine rings is 1. The number of hydrogen-bond donors (Lipinski definition) is 2. The summed E-state index contributed by atoms with van der Waals surface area (Å²) in [5, 5.41) is 12.5. The Kier molecular flexibility index (Phi) is 2.22. The van der Waals surface area contributed by atoms with Gasteiger partial charge in [-0.25, -0.2) is 4.98 Å². The van der Waals surface area contributed by atoms with Gasteiger partial charge in [-0.05, 0) is 31.9 Å². The largest absolute Gasteiger partial charge is 0.506 e. The molecule has 0 bridgehead atoms. The molecule has 0 aliphatic heterocycles. The van der Waals surface area contributed by atoms with Gasteiger partial charge >= 0.3 is 0 Å². The quantitative estimate of drug-likeness (QED) is 0.668. The van der Waals surface area contributed by atoms with Crippen LogP contribution in [0.25, 0.3) is 0 Å².